The molecule has 2 rings (SSSR count). The smallest absolute Gasteiger partial charge is 0.305 e. The van der Waals surface area contributed by atoms with Gasteiger partial charge < -0.3 is 4.90 Å². The molecular formula is C14H16F3N. The Kier molecular flexibility index (Phi) is 3.48. The third-order valence-corrected chi connectivity index (χ3v) is 3.52. The van der Waals surface area contributed by atoms with E-state index in [0.29, 0.717) is 12.1 Å². The van der Waals surface area contributed by atoms with Gasteiger partial charge in [-0.15, -0.1) is 6.58 Å². The Morgan fingerprint density at radius 3 is 2.56 bits per heavy atom. The number of likely N-dealkylation sites (tertiary alicyclic amines) is 1. The van der Waals surface area contributed by atoms with Gasteiger partial charge >= 0.3 is 6.18 Å². The first-order valence-electron chi connectivity index (χ1n) is 5.90. The van der Waals surface area contributed by atoms with Crippen LogP contribution in [-0.4, -0.2) is 25.0 Å². The van der Waals surface area contributed by atoms with Crippen molar-refractivity contribution in [3.05, 3.63) is 48.0 Å². The van der Waals surface area contributed by atoms with Crippen molar-refractivity contribution in [1.82, 2.24) is 4.90 Å². The van der Waals surface area contributed by atoms with Gasteiger partial charge in [0.05, 0.1) is 5.56 Å². The molecule has 1 aliphatic heterocycles. The molecule has 0 radical (unpaired) electrons. The predicted molar refractivity (Wildman–Crippen MR) is 65.4 cm³/mol. The minimum absolute atomic E-state index is 0.0819. The van der Waals surface area contributed by atoms with Gasteiger partial charge in [0, 0.05) is 19.0 Å². The van der Waals surface area contributed by atoms with E-state index in [1.165, 1.54) is 6.07 Å². The van der Waals surface area contributed by atoms with Crippen LogP contribution in [0, 0.1) is 5.92 Å². The minimum Gasteiger partial charge on any atom is -0.305 e. The minimum atomic E-state index is -4.29. The van der Waals surface area contributed by atoms with Crippen molar-refractivity contribution >= 4 is 0 Å². The second-order valence-corrected chi connectivity index (χ2v) is 4.81. The normalized spacial score (nSPS) is 25.3. The Morgan fingerprint density at radius 1 is 1.28 bits per heavy atom. The molecule has 0 saturated carbocycles. The highest BCUT2D eigenvalue weighted by Gasteiger charge is 2.38. The van der Waals surface area contributed by atoms with Gasteiger partial charge in [0.25, 0.3) is 0 Å². The van der Waals surface area contributed by atoms with Crippen molar-refractivity contribution in [2.75, 3.05) is 20.1 Å². The first-order valence-corrected chi connectivity index (χ1v) is 5.90. The summed E-state index contributed by atoms with van der Waals surface area (Å²) in [6.45, 7) is 5.14. The molecule has 1 aliphatic rings. The van der Waals surface area contributed by atoms with Crippen molar-refractivity contribution < 1.29 is 13.2 Å². The Bertz CT molecular complexity index is 439. The fraction of sp³-hybridized carbons (Fsp3) is 0.429. The summed E-state index contributed by atoms with van der Waals surface area (Å²) in [5.41, 5.74) is -0.128. The lowest BCUT2D eigenvalue weighted by atomic mass is 9.86. The van der Waals surface area contributed by atoms with E-state index in [0.717, 1.165) is 12.6 Å². The zero-order valence-corrected chi connectivity index (χ0v) is 10.2. The van der Waals surface area contributed by atoms with E-state index >= 15 is 0 Å². The van der Waals surface area contributed by atoms with Gasteiger partial charge in [0.1, 0.15) is 0 Å². The summed E-state index contributed by atoms with van der Waals surface area (Å²) in [5.74, 6) is -0.0381. The molecule has 1 nitrogen and oxygen atoms in total. The number of alkyl halides is 3. The summed E-state index contributed by atoms with van der Waals surface area (Å²) < 4.78 is 39.0. The van der Waals surface area contributed by atoms with Gasteiger partial charge in [-0.3, -0.25) is 0 Å². The molecule has 0 aliphatic carbocycles. The van der Waals surface area contributed by atoms with Crippen molar-refractivity contribution in [2.45, 2.75) is 12.1 Å². The van der Waals surface area contributed by atoms with Crippen LogP contribution in [0.1, 0.15) is 17.0 Å². The molecule has 1 heterocycles. The summed E-state index contributed by atoms with van der Waals surface area (Å²) in [5, 5.41) is 0. The average molecular weight is 255 g/mol. The quantitative estimate of drug-likeness (QED) is 0.731. The van der Waals surface area contributed by atoms with Gasteiger partial charge in [-0.2, -0.15) is 13.2 Å². The third kappa shape index (κ3) is 2.43. The highest BCUT2D eigenvalue weighted by Crippen LogP contribution is 2.40. The van der Waals surface area contributed by atoms with Gasteiger partial charge in [-0.05, 0) is 24.6 Å². The number of nitrogens with zero attached hydrogens (tertiary/aromatic N) is 1. The predicted octanol–water partition coefficient (Wildman–Crippen LogP) is 3.54. The van der Waals surface area contributed by atoms with E-state index in [4.69, 9.17) is 0 Å². The molecule has 0 N–H and O–H groups in total. The fourth-order valence-corrected chi connectivity index (χ4v) is 2.68. The molecule has 98 valence electrons. The maximum atomic E-state index is 13.0. The van der Waals surface area contributed by atoms with Crippen molar-refractivity contribution in [3.8, 4) is 0 Å². The first kappa shape index (κ1) is 13.1. The van der Waals surface area contributed by atoms with E-state index in [-0.39, 0.29) is 11.8 Å². The molecule has 4 heteroatoms. The van der Waals surface area contributed by atoms with Gasteiger partial charge in [-0.1, -0.05) is 24.3 Å². The third-order valence-electron chi connectivity index (χ3n) is 3.52. The molecule has 0 aromatic heterocycles. The van der Waals surface area contributed by atoms with Gasteiger partial charge in [0.15, 0.2) is 0 Å². The maximum Gasteiger partial charge on any atom is 0.416 e. The molecule has 0 unspecified atom stereocenters. The second kappa shape index (κ2) is 4.76. The molecule has 0 amide bonds. The Hall–Kier alpha value is -1.29. The summed E-state index contributed by atoms with van der Waals surface area (Å²) in [4.78, 5) is 2.05. The van der Waals surface area contributed by atoms with Crippen LogP contribution in [0.25, 0.3) is 0 Å². The molecule has 1 fully saturated rings. The summed E-state index contributed by atoms with van der Waals surface area (Å²) in [7, 11) is 1.92. The van der Waals surface area contributed by atoms with Crippen LogP contribution >= 0.6 is 0 Å². The zero-order chi connectivity index (χ0) is 13.3. The Labute approximate surface area is 105 Å². The van der Waals surface area contributed by atoms with Gasteiger partial charge in [-0.25, -0.2) is 0 Å². The highest BCUT2D eigenvalue weighted by molar-refractivity contribution is 5.35. The Balaban J connectivity index is 2.42. The average Bonchev–Trinajstić information content (AvgIpc) is 2.69. The lowest BCUT2D eigenvalue weighted by Crippen LogP contribution is -2.16. The standard InChI is InChI=1S/C14H16F3N/c1-3-10-8-18(2)9-12(10)11-6-4-5-7-13(11)14(15,16)17/h3-7,10,12H,1,8-9H2,2H3/t10-,12-/m0/s1. The molecule has 2 atom stereocenters. The van der Waals surface area contributed by atoms with Crippen LogP contribution in [-0.2, 0) is 6.18 Å². The zero-order valence-electron chi connectivity index (χ0n) is 10.2. The van der Waals surface area contributed by atoms with E-state index < -0.39 is 11.7 Å². The summed E-state index contributed by atoms with van der Waals surface area (Å²) in [6.07, 6.45) is -2.52. The van der Waals surface area contributed by atoms with Crippen molar-refractivity contribution in [3.63, 3.8) is 0 Å². The molecule has 0 spiro atoms. The molecule has 1 saturated heterocycles. The van der Waals surface area contributed by atoms with E-state index in [1.54, 1.807) is 18.2 Å². The highest BCUT2D eigenvalue weighted by atomic mass is 19.4. The monoisotopic (exact) mass is 255 g/mol. The lowest BCUT2D eigenvalue weighted by molar-refractivity contribution is -0.138. The number of halogens is 3. The van der Waals surface area contributed by atoms with Crippen LogP contribution in [0.3, 0.4) is 0 Å². The Morgan fingerprint density at radius 2 is 1.94 bits per heavy atom. The molecule has 18 heavy (non-hydrogen) atoms. The summed E-state index contributed by atoms with van der Waals surface area (Å²) >= 11 is 0. The number of benzene rings is 1. The first-order chi connectivity index (χ1) is 8.43. The van der Waals surface area contributed by atoms with E-state index in [1.807, 2.05) is 11.9 Å². The van der Waals surface area contributed by atoms with Crippen molar-refractivity contribution in [1.29, 1.82) is 0 Å². The number of likely N-dealkylation sites (N-methyl/N-ethyl adjacent to an activating group) is 1. The maximum absolute atomic E-state index is 13.0. The van der Waals surface area contributed by atoms with Crippen LogP contribution in [0.5, 0.6) is 0 Å². The topological polar surface area (TPSA) is 3.24 Å². The molecule has 1 aromatic carbocycles. The fourth-order valence-electron chi connectivity index (χ4n) is 2.68. The van der Waals surface area contributed by atoms with Crippen molar-refractivity contribution in [2.24, 2.45) is 5.92 Å². The van der Waals surface area contributed by atoms with E-state index in [9.17, 15) is 13.2 Å². The summed E-state index contributed by atoms with van der Waals surface area (Å²) in [6, 6.07) is 5.86. The molecular weight excluding hydrogens is 239 g/mol. The van der Waals surface area contributed by atoms with Crippen LogP contribution in [0.15, 0.2) is 36.9 Å². The van der Waals surface area contributed by atoms with Crippen LogP contribution in [0.4, 0.5) is 13.2 Å². The molecule has 0 bridgehead atoms. The van der Waals surface area contributed by atoms with E-state index in [2.05, 4.69) is 6.58 Å². The lowest BCUT2D eigenvalue weighted by Gasteiger charge is -2.20. The van der Waals surface area contributed by atoms with Crippen LogP contribution in [0.2, 0.25) is 0 Å². The number of hydrogen-bond donors (Lipinski definition) is 0. The van der Waals surface area contributed by atoms with Gasteiger partial charge in [0.2, 0.25) is 0 Å². The second-order valence-electron chi connectivity index (χ2n) is 4.81. The SMILES string of the molecule is C=C[C@H]1CN(C)C[C@@H]1c1ccccc1C(F)(F)F. The number of rotatable bonds is 2. The molecule has 1 aromatic rings. The van der Waals surface area contributed by atoms with Crippen LogP contribution < -0.4 is 0 Å². The largest absolute Gasteiger partial charge is 0.416 e. The number of hydrogen-bond acceptors (Lipinski definition) is 1.